The molecule has 0 aliphatic carbocycles. The normalized spacial score (nSPS) is 18.0. The van der Waals surface area contributed by atoms with E-state index < -0.39 is 11.5 Å². The number of amides is 2. The second kappa shape index (κ2) is 5.72. The molecule has 1 fully saturated rings. The highest BCUT2D eigenvalue weighted by Gasteiger charge is 2.32. The molecule has 18 heavy (non-hydrogen) atoms. The second-order valence-electron chi connectivity index (χ2n) is 6.48. The maximum absolute atomic E-state index is 12.4. The topological polar surface area (TPSA) is 49.4 Å². The highest BCUT2D eigenvalue weighted by molar-refractivity contribution is 5.89. The molecule has 0 aromatic rings. The van der Waals surface area contributed by atoms with Crippen LogP contribution < -0.4 is 5.32 Å². The van der Waals surface area contributed by atoms with E-state index in [0.717, 1.165) is 25.9 Å². The summed E-state index contributed by atoms with van der Waals surface area (Å²) in [5, 5.41) is 2.90. The number of likely N-dealkylation sites (tertiary alicyclic amines) is 1. The number of nitrogens with one attached hydrogen (secondary N) is 1. The number of carbonyl (C=O) groups is 2. The lowest BCUT2D eigenvalue weighted by Gasteiger charge is -2.29. The van der Waals surface area contributed by atoms with Crippen LogP contribution >= 0.6 is 0 Å². The van der Waals surface area contributed by atoms with Crippen LogP contribution in [0.3, 0.4) is 0 Å². The molecule has 1 saturated heterocycles. The van der Waals surface area contributed by atoms with Crippen LogP contribution in [0.15, 0.2) is 0 Å². The molecule has 1 aliphatic heterocycles. The van der Waals surface area contributed by atoms with Crippen molar-refractivity contribution in [1.29, 1.82) is 0 Å². The van der Waals surface area contributed by atoms with Crippen molar-refractivity contribution in [3.63, 3.8) is 0 Å². The van der Waals surface area contributed by atoms with Gasteiger partial charge in [-0.1, -0.05) is 34.6 Å². The molecule has 1 atom stereocenters. The molecule has 104 valence electrons. The number of hydrogen-bond acceptors (Lipinski definition) is 2. The molecule has 1 N–H and O–H groups in total. The van der Waals surface area contributed by atoms with Crippen molar-refractivity contribution < 1.29 is 9.59 Å². The fourth-order valence-corrected chi connectivity index (χ4v) is 2.01. The van der Waals surface area contributed by atoms with Crippen LogP contribution in [-0.2, 0) is 9.59 Å². The van der Waals surface area contributed by atoms with Gasteiger partial charge >= 0.3 is 0 Å². The smallest absolute Gasteiger partial charge is 0.245 e. The largest absolute Gasteiger partial charge is 0.344 e. The van der Waals surface area contributed by atoms with Gasteiger partial charge in [-0.3, -0.25) is 9.59 Å². The zero-order chi connectivity index (χ0) is 13.9. The van der Waals surface area contributed by atoms with Crippen LogP contribution in [0.5, 0.6) is 0 Å². The Bertz CT molecular complexity index is 312. The molecule has 4 nitrogen and oxygen atoms in total. The van der Waals surface area contributed by atoms with Gasteiger partial charge in [-0.15, -0.1) is 0 Å². The Morgan fingerprint density at radius 2 is 1.61 bits per heavy atom. The third-order valence-electron chi connectivity index (χ3n) is 3.32. The van der Waals surface area contributed by atoms with Gasteiger partial charge in [0.2, 0.25) is 11.8 Å². The molecule has 0 saturated carbocycles. The molecular formula is C14H26N2O2. The summed E-state index contributed by atoms with van der Waals surface area (Å²) < 4.78 is 0. The molecule has 1 heterocycles. The van der Waals surface area contributed by atoms with E-state index in [9.17, 15) is 9.59 Å². The average molecular weight is 254 g/mol. The van der Waals surface area contributed by atoms with E-state index in [4.69, 9.17) is 0 Å². The van der Waals surface area contributed by atoms with Gasteiger partial charge in [-0.05, 0) is 18.8 Å². The Kier molecular flexibility index (Phi) is 4.77. The van der Waals surface area contributed by atoms with Crippen molar-refractivity contribution in [3.8, 4) is 0 Å². The first-order valence-electron chi connectivity index (χ1n) is 6.83. The van der Waals surface area contributed by atoms with Crippen LogP contribution in [0.1, 0.15) is 47.5 Å². The van der Waals surface area contributed by atoms with Crippen molar-refractivity contribution >= 4 is 11.8 Å². The first kappa shape index (κ1) is 15.0. The summed E-state index contributed by atoms with van der Waals surface area (Å²) in [7, 11) is 0. The van der Waals surface area contributed by atoms with E-state index >= 15 is 0 Å². The van der Waals surface area contributed by atoms with Crippen LogP contribution in [0.2, 0.25) is 0 Å². The molecule has 0 bridgehead atoms. The van der Waals surface area contributed by atoms with Crippen LogP contribution in [0.4, 0.5) is 0 Å². The first-order valence-corrected chi connectivity index (χ1v) is 6.83. The van der Waals surface area contributed by atoms with Crippen LogP contribution in [0.25, 0.3) is 0 Å². The van der Waals surface area contributed by atoms with Crippen molar-refractivity contribution in [2.75, 3.05) is 13.1 Å². The Morgan fingerprint density at radius 1 is 1.11 bits per heavy atom. The average Bonchev–Trinajstić information content (AvgIpc) is 2.75. The molecule has 0 spiro atoms. The molecule has 0 aromatic heterocycles. The third kappa shape index (κ3) is 3.72. The van der Waals surface area contributed by atoms with Crippen molar-refractivity contribution in [2.45, 2.75) is 53.5 Å². The number of hydrogen-bond donors (Lipinski definition) is 1. The van der Waals surface area contributed by atoms with Crippen LogP contribution in [-0.4, -0.2) is 35.8 Å². The van der Waals surface area contributed by atoms with Gasteiger partial charge in [0.25, 0.3) is 0 Å². The summed E-state index contributed by atoms with van der Waals surface area (Å²) in [5.41, 5.74) is -0.460. The predicted octanol–water partition coefficient (Wildman–Crippen LogP) is 1.80. The van der Waals surface area contributed by atoms with Gasteiger partial charge in [0, 0.05) is 18.5 Å². The number of rotatable bonds is 3. The fourth-order valence-electron chi connectivity index (χ4n) is 2.01. The zero-order valence-corrected chi connectivity index (χ0v) is 12.2. The van der Waals surface area contributed by atoms with E-state index in [0.29, 0.717) is 0 Å². The van der Waals surface area contributed by atoms with Gasteiger partial charge in [0.1, 0.15) is 6.04 Å². The summed E-state index contributed by atoms with van der Waals surface area (Å²) in [6.45, 7) is 11.2. The highest BCUT2D eigenvalue weighted by Crippen LogP contribution is 2.17. The number of nitrogens with zero attached hydrogens (tertiary/aromatic N) is 1. The lowest BCUT2D eigenvalue weighted by Crippen LogP contribution is -2.52. The minimum atomic E-state index is -0.460. The lowest BCUT2D eigenvalue weighted by molar-refractivity contribution is -0.139. The second-order valence-corrected chi connectivity index (χ2v) is 6.48. The van der Waals surface area contributed by atoms with Gasteiger partial charge in [0.15, 0.2) is 0 Å². The van der Waals surface area contributed by atoms with E-state index in [1.807, 2.05) is 39.5 Å². The molecule has 2 amide bonds. The zero-order valence-electron chi connectivity index (χ0n) is 12.2. The standard InChI is InChI=1S/C14H26N2O2/c1-10(2)11(15-13(18)14(3,4)5)12(17)16-8-6-7-9-16/h10-11H,6-9H2,1-5H3,(H,15,18)/t11-/m0/s1. The molecule has 0 unspecified atom stereocenters. The Balaban J connectivity index is 2.71. The van der Waals surface area contributed by atoms with Gasteiger partial charge in [-0.2, -0.15) is 0 Å². The van der Waals surface area contributed by atoms with E-state index in [1.165, 1.54) is 0 Å². The minimum absolute atomic E-state index is 0.0613. The SMILES string of the molecule is CC(C)[C@H](NC(=O)C(C)(C)C)C(=O)N1CCCC1. The molecule has 0 aromatic carbocycles. The van der Waals surface area contributed by atoms with E-state index in [1.54, 1.807) is 0 Å². The maximum Gasteiger partial charge on any atom is 0.245 e. The van der Waals surface area contributed by atoms with Gasteiger partial charge < -0.3 is 10.2 Å². The van der Waals surface area contributed by atoms with Crippen molar-refractivity contribution in [2.24, 2.45) is 11.3 Å². The summed E-state index contributed by atoms with van der Waals surface area (Å²) in [4.78, 5) is 26.2. The van der Waals surface area contributed by atoms with Crippen molar-refractivity contribution in [1.82, 2.24) is 10.2 Å². The Hall–Kier alpha value is -1.06. The minimum Gasteiger partial charge on any atom is -0.344 e. The molecule has 4 heteroatoms. The maximum atomic E-state index is 12.4. The molecule has 1 rings (SSSR count). The molecule has 1 aliphatic rings. The van der Waals surface area contributed by atoms with Crippen molar-refractivity contribution in [3.05, 3.63) is 0 Å². The molecular weight excluding hydrogens is 228 g/mol. The molecule has 0 radical (unpaired) electrons. The van der Waals surface area contributed by atoms with Gasteiger partial charge in [0.05, 0.1) is 0 Å². The number of carbonyl (C=O) groups excluding carboxylic acids is 2. The highest BCUT2D eigenvalue weighted by atomic mass is 16.2. The first-order chi connectivity index (χ1) is 8.23. The fraction of sp³-hybridized carbons (Fsp3) is 0.857. The predicted molar refractivity (Wildman–Crippen MR) is 72.0 cm³/mol. The Labute approximate surface area is 110 Å². The summed E-state index contributed by atoms with van der Waals surface area (Å²) in [5.74, 6) is 0.123. The summed E-state index contributed by atoms with van der Waals surface area (Å²) in [6.07, 6.45) is 2.15. The van der Waals surface area contributed by atoms with Crippen LogP contribution in [0, 0.1) is 11.3 Å². The monoisotopic (exact) mass is 254 g/mol. The van der Waals surface area contributed by atoms with Gasteiger partial charge in [-0.25, -0.2) is 0 Å². The Morgan fingerprint density at radius 3 is 2.00 bits per heavy atom. The summed E-state index contributed by atoms with van der Waals surface area (Å²) in [6, 6.07) is -0.394. The quantitative estimate of drug-likeness (QED) is 0.835. The summed E-state index contributed by atoms with van der Waals surface area (Å²) >= 11 is 0. The lowest BCUT2D eigenvalue weighted by atomic mass is 9.93. The van der Waals surface area contributed by atoms with E-state index in [2.05, 4.69) is 5.32 Å². The third-order valence-corrected chi connectivity index (χ3v) is 3.32. The van der Waals surface area contributed by atoms with E-state index in [-0.39, 0.29) is 17.7 Å².